The molecule has 1 aromatic carbocycles. The summed E-state index contributed by atoms with van der Waals surface area (Å²) in [5, 5.41) is 0.762. The molecule has 0 radical (unpaired) electrons. The van der Waals surface area contributed by atoms with Crippen molar-refractivity contribution in [1.82, 2.24) is 4.90 Å². The first-order valence-corrected chi connectivity index (χ1v) is 4.65. The maximum absolute atomic E-state index is 5.89. The van der Waals surface area contributed by atoms with Gasteiger partial charge in [-0.15, -0.1) is 12.4 Å². The molecule has 1 unspecified atom stereocenters. The van der Waals surface area contributed by atoms with Crippen LogP contribution in [0.2, 0.25) is 5.02 Å². The molecule has 0 aliphatic heterocycles. The Morgan fingerprint density at radius 1 is 1.43 bits per heavy atom. The molecule has 0 saturated heterocycles. The number of hydrogen-bond donors (Lipinski definition) is 1. The average molecular weight is 235 g/mol. The SMILES string of the molecule is CN(C)C(CN)c1cccc(Cl)c1.Cl. The minimum Gasteiger partial charge on any atom is -0.329 e. The van der Waals surface area contributed by atoms with E-state index >= 15 is 0 Å². The predicted octanol–water partition coefficient (Wildman–Crippen LogP) is 2.32. The summed E-state index contributed by atoms with van der Waals surface area (Å²) in [5.41, 5.74) is 6.84. The van der Waals surface area contributed by atoms with Crippen LogP contribution >= 0.6 is 24.0 Å². The van der Waals surface area contributed by atoms with Crippen LogP contribution in [-0.4, -0.2) is 25.5 Å². The third-order valence-electron chi connectivity index (χ3n) is 2.08. The number of benzene rings is 1. The van der Waals surface area contributed by atoms with Crippen LogP contribution in [0.4, 0.5) is 0 Å². The summed E-state index contributed by atoms with van der Waals surface area (Å²) < 4.78 is 0. The van der Waals surface area contributed by atoms with E-state index in [-0.39, 0.29) is 18.4 Å². The van der Waals surface area contributed by atoms with Crippen molar-refractivity contribution in [2.75, 3.05) is 20.6 Å². The molecule has 0 aromatic heterocycles. The van der Waals surface area contributed by atoms with Crippen LogP contribution in [-0.2, 0) is 0 Å². The van der Waals surface area contributed by atoms with Crippen LogP contribution in [0.3, 0.4) is 0 Å². The Balaban J connectivity index is 0.00000169. The zero-order valence-corrected chi connectivity index (χ0v) is 9.98. The number of halogens is 2. The van der Waals surface area contributed by atoms with Gasteiger partial charge in [-0.1, -0.05) is 23.7 Å². The highest BCUT2D eigenvalue weighted by Crippen LogP contribution is 2.20. The minimum absolute atomic E-state index is 0. The molecule has 0 spiro atoms. The molecule has 2 nitrogen and oxygen atoms in total. The van der Waals surface area contributed by atoms with E-state index in [0.29, 0.717) is 6.54 Å². The fraction of sp³-hybridized carbons (Fsp3) is 0.400. The predicted molar refractivity (Wildman–Crippen MR) is 64.2 cm³/mol. The maximum Gasteiger partial charge on any atom is 0.0465 e. The molecule has 0 bridgehead atoms. The molecule has 1 rings (SSSR count). The standard InChI is InChI=1S/C10H15ClN2.ClH/c1-13(2)10(7-12)8-4-3-5-9(11)6-8;/h3-6,10H,7,12H2,1-2H3;1H. The van der Waals surface area contributed by atoms with Crippen molar-refractivity contribution >= 4 is 24.0 Å². The Morgan fingerprint density at radius 2 is 2.07 bits per heavy atom. The zero-order chi connectivity index (χ0) is 9.84. The summed E-state index contributed by atoms with van der Waals surface area (Å²) >= 11 is 5.89. The monoisotopic (exact) mass is 234 g/mol. The minimum atomic E-state index is 0. The van der Waals surface area contributed by atoms with Gasteiger partial charge in [0.1, 0.15) is 0 Å². The third-order valence-corrected chi connectivity index (χ3v) is 2.32. The molecule has 0 aliphatic rings. The van der Waals surface area contributed by atoms with Crippen LogP contribution in [0.25, 0.3) is 0 Å². The second-order valence-electron chi connectivity index (χ2n) is 3.27. The molecule has 0 amide bonds. The van der Waals surface area contributed by atoms with E-state index < -0.39 is 0 Å². The van der Waals surface area contributed by atoms with Gasteiger partial charge in [0, 0.05) is 17.6 Å². The van der Waals surface area contributed by atoms with E-state index in [2.05, 4.69) is 4.90 Å². The van der Waals surface area contributed by atoms with Gasteiger partial charge in [0.25, 0.3) is 0 Å². The van der Waals surface area contributed by atoms with E-state index in [0.717, 1.165) is 5.02 Å². The lowest BCUT2D eigenvalue weighted by atomic mass is 10.1. The summed E-state index contributed by atoms with van der Waals surface area (Å²) in [5.74, 6) is 0. The molecule has 0 heterocycles. The van der Waals surface area contributed by atoms with Gasteiger partial charge < -0.3 is 10.6 Å². The number of hydrogen-bond acceptors (Lipinski definition) is 2. The normalized spacial score (nSPS) is 12.4. The molecule has 1 atom stereocenters. The lowest BCUT2D eigenvalue weighted by Gasteiger charge is -2.23. The van der Waals surface area contributed by atoms with Crippen LogP contribution in [0.15, 0.2) is 24.3 Å². The first-order chi connectivity index (χ1) is 6.15. The molecule has 14 heavy (non-hydrogen) atoms. The van der Waals surface area contributed by atoms with Crippen LogP contribution in [0.5, 0.6) is 0 Å². The molecular formula is C10H16Cl2N2. The molecular weight excluding hydrogens is 219 g/mol. The topological polar surface area (TPSA) is 29.3 Å². The van der Waals surface area contributed by atoms with E-state index in [4.69, 9.17) is 17.3 Å². The van der Waals surface area contributed by atoms with E-state index in [1.807, 2.05) is 38.4 Å². The quantitative estimate of drug-likeness (QED) is 0.871. The summed E-state index contributed by atoms with van der Waals surface area (Å²) in [7, 11) is 4.02. The molecule has 4 heteroatoms. The Hall–Kier alpha value is -0.280. The second kappa shape index (κ2) is 6.25. The van der Waals surface area contributed by atoms with Gasteiger partial charge in [0.15, 0.2) is 0 Å². The van der Waals surface area contributed by atoms with Crippen molar-refractivity contribution in [3.63, 3.8) is 0 Å². The summed E-state index contributed by atoms with van der Waals surface area (Å²) in [6, 6.07) is 8.07. The number of rotatable bonds is 3. The average Bonchev–Trinajstić information content (AvgIpc) is 2.04. The van der Waals surface area contributed by atoms with Gasteiger partial charge in [-0.25, -0.2) is 0 Å². The van der Waals surface area contributed by atoms with Gasteiger partial charge in [0.05, 0.1) is 0 Å². The van der Waals surface area contributed by atoms with E-state index in [1.54, 1.807) is 0 Å². The first-order valence-electron chi connectivity index (χ1n) is 4.27. The lowest BCUT2D eigenvalue weighted by molar-refractivity contribution is 0.306. The molecule has 80 valence electrons. The highest BCUT2D eigenvalue weighted by Gasteiger charge is 2.11. The Labute approximate surface area is 96.4 Å². The maximum atomic E-state index is 5.89. The largest absolute Gasteiger partial charge is 0.329 e. The van der Waals surface area contributed by atoms with Crippen molar-refractivity contribution in [3.8, 4) is 0 Å². The smallest absolute Gasteiger partial charge is 0.0465 e. The van der Waals surface area contributed by atoms with Crippen molar-refractivity contribution in [2.24, 2.45) is 5.73 Å². The third kappa shape index (κ3) is 3.46. The fourth-order valence-electron chi connectivity index (χ4n) is 1.36. The van der Waals surface area contributed by atoms with Crippen molar-refractivity contribution in [2.45, 2.75) is 6.04 Å². The van der Waals surface area contributed by atoms with Crippen molar-refractivity contribution in [1.29, 1.82) is 0 Å². The van der Waals surface area contributed by atoms with Crippen molar-refractivity contribution in [3.05, 3.63) is 34.9 Å². The summed E-state index contributed by atoms with van der Waals surface area (Å²) in [6.07, 6.45) is 0. The van der Waals surface area contributed by atoms with Gasteiger partial charge >= 0.3 is 0 Å². The van der Waals surface area contributed by atoms with E-state index in [1.165, 1.54) is 5.56 Å². The first kappa shape index (κ1) is 13.7. The number of nitrogens with two attached hydrogens (primary N) is 1. The summed E-state index contributed by atoms with van der Waals surface area (Å²) in [6.45, 7) is 0.605. The summed E-state index contributed by atoms with van der Waals surface area (Å²) in [4.78, 5) is 2.09. The Bertz CT molecular complexity index is 277. The molecule has 0 fully saturated rings. The molecule has 1 aromatic rings. The lowest BCUT2D eigenvalue weighted by Crippen LogP contribution is -2.27. The fourth-order valence-corrected chi connectivity index (χ4v) is 1.56. The molecule has 0 saturated carbocycles. The van der Waals surface area contributed by atoms with Gasteiger partial charge in [-0.2, -0.15) is 0 Å². The number of likely N-dealkylation sites (N-methyl/N-ethyl adjacent to an activating group) is 1. The van der Waals surface area contributed by atoms with Crippen molar-refractivity contribution < 1.29 is 0 Å². The molecule has 2 N–H and O–H groups in total. The van der Waals surface area contributed by atoms with E-state index in [9.17, 15) is 0 Å². The Kier molecular flexibility index (Phi) is 6.12. The van der Waals surface area contributed by atoms with Crippen LogP contribution in [0, 0.1) is 0 Å². The van der Waals surface area contributed by atoms with Crippen LogP contribution < -0.4 is 5.73 Å². The van der Waals surface area contributed by atoms with Gasteiger partial charge in [0.2, 0.25) is 0 Å². The Morgan fingerprint density at radius 3 is 2.50 bits per heavy atom. The van der Waals surface area contributed by atoms with Crippen LogP contribution in [0.1, 0.15) is 11.6 Å². The highest BCUT2D eigenvalue weighted by atomic mass is 35.5. The second-order valence-corrected chi connectivity index (χ2v) is 3.71. The highest BCUT2D eigenvalue weighted by molar-refractivity contribution is 6.30. The zero-order valence-electron chi connectivity index (χ0n) is 8.40. The molecule has 0 aliphatic carbocycles. The van der Waals surface area contributed by atoms with Gasteiger partial charge in [-0.3, -0.25) is 0 Å². The number of nitrogens with zero attached hydrogens (tertiary/aromatic N) is 1. The van der Waals surface area contributed by atoms with Gasteiger partial charge in [-0.05, 0) is 31.8 Å².